The van der Waals surface area contributed by atoms with E-state index < -0.39 is 0 Å². The van der Waals surface area contributed by atoms with E-state index in [9.17, 15) is 4.79 Å². The monoisotopic (exact) mass is 278 g/mol. The van der Waals surface area contributed by atoms with Crippen molar-refractivity contribution in [1.29, 1.82) is 0 Å². The second kappa shape index (κ2) is 4.22. The number of aromatic nitrogens is 2. The topological polar surface area (TPSA) is 45.8 Å². The maximum absolute atomic E-state index is 11.3. The molecule has 0 unspecified atom stereocenters. The number of aryl methyl sites for hydroxylation is 1. The van der Waals surface area contributed by atoms with Crippen LogP contribution in [0.3, 0.4) is 0 Å². The van der Waals surface area contributed by atoms with Crippen molar-refractivity contribution in [2.24, 2.45) is 0 Å². The van der Waals surface area contributed by atoms with Gasteiger partial charge in [0.1, 0.15) is 0 Å². The molecule has 0 spiro atoms. The molecule has 0 amide bonds. The zero-order chi connectivity index (χ0) is 11.7. The first-order valence-electron chi connectivity index (χ1n) is 4.91. The number of benzene rings is 1. The maximum atomic E-state index is 11.3. The Balaban J connectivity index is 2.64. The summed E-state index contributed by atoms with van der Waals surface area (Å²) in [5, 5.41) is 0. The second-order valence-electron chi connectivity index (χ2n) is 3.65. The summed E-state index contributed by atoms with van der Waals surface area (Å²) in [6, 6.07) is 7.76. The lowest BCUT2D eigenvalue weighted by Gasteiger charge is -2.06. The van der Waals surface area contributed by atoms with Crippen LogP contribution in [0.25, 0.3) is 11.3 Å². The van der Waals surface area contributed by atoms with Crippen LogP contribution in [0.4, 0.5) is 0 Å². The van der Waals surface area contributed by atoms with Gasteiger partial charge < -0.3 is 4.98 Å². The Morgan fingerprint density at radius 3 is 2.44 bits per heavy atom. The Kier molecular flexibility index (Phi) is 2.92. The quantitative estimate of drug-likeness (QED) is 0.872. The summed E-state index contributed by atoms with van der Waals surface area (Å²) < 4.78 is 1.01. The van der Waals surface area contributed by atoms with E-state index >= 15 is 0 Å². The molecule has 0 atom stereocenters. The van der Waals surface area contributed by atoms with Crippen molar-refractivity contribution < 1.29 is 0 Å². The SMILES string of the molecule is Cc1[nH]c(=O)nc(-c2ccc(Br)cc2)c1C. The van der Waals surface area contributed by atoms with Gasteiger partial charge in [-0.2, -0.15) is 4.98 Å². The summed E-state index contributed by atoms with van der Waals surface area (Å²) in [5.41, 5.74) is 3.25. The van der Waals surface area contributed by atoms with Crippen LogP contribution in [-0.2, 0) is 0 Å². The maximum Gasteiger partial charge on any atom is 0.345 e. The molecule has 0 bridgehead atoms. The number of hydrogen-bond acceptors (Lipinski definition) is 2. The number of aromatic amines is 1. The first-order valence-corrected chi connectivity index (χ1v) is 5.70. The molecule has 1 N–H and O–H groups in total. The highest BCUT2D eigenvalue weighted by molar-refractivity contribution is 9.10. The Hall–Kier alpha value is -1.42. The Morgan fingerprint density at radius 2 is 1.81 bits per heavy atom. The van der Waals surface area contributed by atoms with Crippen molar-refractivity contribution in [2.45, 2.75) is 13.8 Å². The largest absolute Gasteiger partial charge is 0.345 e. The molecule has 1 heterocycles. The summed E-state index contributed by atoms with van der Waals surface area (Å²) in [5.74, 6) is 0. The van der Waals surface area contributed by atoms with E-state index in [4.69, 9.17) is 0 Å². The lowest BCUT2D eigenvalue weighted by atomic mass is 10.1. The van der Waals surface area contributed by atoms with Crippen LogP contribution in [0.15, 0.2) is 33.5 Å². The molecule has 0 radical (unpaired) electrons. The average molecular weight is 279 g/mol. The third-order valence-electron chi connectivity index (χ3n) is 2.54. The minimum atomic E-state index is -0.305. The molecule has 0 aliphatic heterocycles. The van der Waals surface area contributed by atoms with Gasteiger partial charge in [-0.15, -0.1) is 0 Å². The summed E-state index contributed by atoms with van der Waals surface area (Å²) in [6.07, 6.45) is 0. The fraction of sp³-hybridized carbons (Fsp3) is 0.167. The molecule has 1 aromatic carbocycles. The van der Waals surface area contributed by atoms with Gasteiger partial charge in [-0.25, -0.2) is 4.79 Å². The summed E-state index contributed by atoms with van der Waals surface area (Å²) in [4.78, 5) is 18.0. The fourth-order valence-electron chi connectivity index (χ4n) is 1.53. The lowest BCUT2D eigenvalue weighted by Crippen LogP contribution is -2.14. The van der Waals surface area contributed by atoms with Gasteiger partial charge in [-0.3, -0.25) is 0 Å². The van der Waals surface area contributed by atoms with Gasteiger partial charge >= 0.3 is 5.69 Å². The number of nitrogens with one attached hydrogen (secondary N) is 1. The number of halogens is 1. The van der Waals surface area contributed by atoms with Gasteiger partial charge in [0.25, 0.3) is 0 Å². The molecule has 1 aromatic heterocycles. The highest BCUT2D eigenvalue weighted by Crippen LogP contribution is 2.22. The predicted octanol–water partition coefficient (Wildman–Crippen LogP) is 2.82. The van der Waals surface area contributed by atoms with E-state index in [1.807, 2.05) is 38.1 Å². The number of rotatable bonds is 1. The molecule has 4 heteroatoms. The van der Waals surface area contributed by atoms with Crippen molar-refractivity contribution in [1.82, 2.24) is 9.97 Å². The summed E-state index contributed by atoms with van der Waals surface area (Å²) >= 11 is 3.38. The van der Waals surface area contributed by atoms with E-state index in [2.05, 4.69) is 25.9 Å². The summed E-state index contributed by atoms with van der Waals surface area (Å²) in [6.45, 7) is 3.83. The Labute approximate surface area is 102 Å². The molecule has 82 valence electrons. The predicted molar refractivity (Wildman–Crippen MR) is 67.5 cm³/mol. The van der Waals surface area contributed by atoms with Crippen molar-refractivity contribution in [3.8, 4) is 11.3 Å². The molecule has 0 aliphatic rings. The molecule has 16 heavy (non-hydrogen) atoms. The van der Waals surface area contributed by atoms with Crippen LogP contribution >= 0.6 is 15.9 Å². The molecular formula is C12H11BrN2O. The van der Waals surface area contributed by atoms with E-state index in [1.165, 1.54) is 0 Å². The molecule has 0 saturated heterocycles. The zero-order valence-electron chi connectivity index (χ0n) is 9.04. The highest BCUT2D eigenvalue weighted by atomic mass is 79.9. The van der Waals surface area contributed by atoms with Crippen molar-refractivity contribution in [3.63, 3.8) is 0 Å². The molecule has 0 fully saturated rings. The van der Waals surface area contributed by atoms with E-state index in [0.29, 0.717) is 0 Å². The number of H-pyrrole nitrogens is 1. The van der Waals surface area contributed by atoms with Gasteiger partial charge in [0.15, 0.2) is 0 Å². The highest BCUT2D eigenvalue weighted by Gasteiger charge is 2.07. The summed E-state index contributed by atoms with van der Waals surface area (Å²) in [7, 11) is 0. The van der Waals surface area contributed by atoms with Gasteiger partial charge in [0.2, 0.25) is 0 Å². The average Bonchev–Trinajstić information content (AvgIpc) is 2.25. The van der Waals surface area contributed by atoms with Crippen molar-refractivity contribution in [3.05, 3.63) is 50.5 Å². The molecule has 3 nitrogen and oxygen atoms in total. The van der Waals surface area contributed by atoms with Gasteiger partial charge in [-0.1, -0.05) is 28.1 Å². The minimum absolute atomic E-state index is 0.305. The van der Waals surface area contributed by atoms with Crippen molar-refractivity contribution >= 4 is 15.9 Å². The van der Waals surface area contributed by atoms with E-state index in [1.54, 1.807) is 0 Å². The third-order valence-corrected chi connectivity index (χ3v) is 3.07. The molecule has 2 rings (SSSR count). The third kappa shape index (κ3) is 2.07. The normalized spacial score (nSPS) is 10.4. The minimum Gasteiger partial charge on any atom is -0.310 e. The van der Waals surface area contributed by atoms with Crippen LogP contribution in [0.5, 0.6) is 0 Å². The Morgan fingerprint density at radius 1 is 1.19 bits per heavy atom. The molecule has 0 aliphatic carbocycles. The molecular weight excluding hydrogens is 268 g/mol. The fourth-order valence-corrected chi connectivity index (χ4v) is 1.80. The first kappa shape index (κ1) is 11.1. The first-order chi connectivity index (χ1) is 7.58. The van der Waals surface area contributed by atoms with Crippen molar-refractivity contribution in [2.75, 3.05) is 0 Å². The molecule has 0 saturated carbocycles. The Bertz CT molecular complexity index is 573. The van der Waals surface area contributed by atoms with Crippen LogP contribution in [0.1, 0.15) is 11.3 Å². The van der Waals surface area contributed by atoms with Crippen LogP contribution < -0.4 is 5.69 Å². The van der Waals surface area contributed by atoms with Gasteiger partial charge in [-0.05, 0) is 31.5 Å². The zero-order valence-corrected chi connectivity index (χ0v) is 10.6. The standard InChI is InChI=1S/C12H11BrN2O/c1-7-8(2)14-12(16)15-11(7)9-3-5-10(13)6-4-9/h3-6H,1-2H3,(H,14,15,16). The second-order valence-corrected chi connectivity index (χ2v) is 4.56. The van der Waals surface area contributed by atoms with Gasteiger partial charge in [0, 0.05) is 15.7 Å². The van der Waals surface area contributed by atoms with Crippen LogP contribution in [-0.4, -0.2) is 9.97 Å². The molecule has 2 aromatic rings. The number of hydrogen-bond donors (Lipinski definition) is 1. The lowest BCUT2D eigenvalue weighted by molar-refractivity contribution is 1.00. The smallest absolute Gasteiger partial charge is 0.310 e. The van der Waals surface area contributed by atoms with Crippen LogP contribution in [0.2, 0.25) is 0 Å². The van der Waals surface area contributed by atoms with Crippen LogP contribution in [0, 0.1) is 13.8 Å². The number of nitrogens with zero attached hydrogens (tertiary/aromatic N) is 1. The van der Waals surface area contributed by atoms with Gasteiger partial charge in [0.05, 0.1) is 5.69 Å². The van der Waals surface area contributed by atoms with E-state index in [0.717, 1.165) is 27.0 Å². The van der Waals surface area contributed by atoms with E-state index in [-0.39, 0.29) is 5.69 Å².